The van der Waals surface area contributed by atoms with Gasteiger partial charge in [-0.15, -0.1) is 0 Å². The topological polar surface area (TPSA) is 89.0 Å². The van der Waals surface area contributed by atoms with E-state index in [9.17, 15) is 9.59 Å². The largest absolute Gasteiger partial charge is 0.497 e. The van der Waals surface area contributed by atoms with Gasteiger partial charge < -0.3 is 20.1 Å². The first-order valence-electron chi connectivity index (χ1n) is 10.2. The molecule has 0 aliphatic carbocycles. The molecule has 0 atom stereocenters. The third-order valence-electron chi connectivity index (χ3n) is 4.61. The van der Waals surface area contributed by atoms with Crippen molar-refractivity contribution in [2.24, 2.45) is 4.99 Å². The minimum atomic E-state index is -0.295. The Morgan fingerprint density at radius 2 is 1.82 bits per heavy atom. The maximum atomic E-state index is 12.3. The molecular formula is C25H20ClN3O4S. The van der Waals surface area contributed by atoms with Crippen LogP contribution in [0.25, 0.3) is 6.08 Å². The van der Waals surface area contributed by atoms with Crippen molar-refractivity contribution < 1.29 is 19.1 Å². The molecule has 0 bridgehead atoms. The highest BCUT2D eigenvalue weighted by atomic mass is 35.5. The molecule has 1 fully saturated rings. The van der Waals surface area contributed by atoms with Crippen LogP contribution in [0.3, 0.4) is 0 Å². The number of amides is 2. The van der Waals surface area contributed by atoms with Crippen LogP contribution in [-0.4, -0.2) is 30.7 Å². The zero-order valence-electron chi connectivity index (χ0n) is 18.1. The smallest absolute Gasteiger partial charge is 0.264 e. The number of hydrogen-bond acceptors (Lipinski definition) is 6. The predicted octanol–water partition coefficient (Wildman–Crippen LogP) is 5.26. The van der Waals surface area contributed by atoms with Crippen molar-refractivity contribution in [3.63, 3.8) is 0 Å². The molecule has 1 aliphatic heterocycles. The number of thioether (sulfide) groups is 1. The van der Waals surface area contributed by atoms with Gasteiger partial charge in [-0.05, 0) is 78.0 Å². The van der Waals surface area contributed by atoms with E-state index in [1.54, 1.807) is 49.6 Å². The molecule has 1 aliphatic rings. The quantitative estimate of drug-likeness (QED) is 0.438. The second-order valence-electron chi connectivity index (χ2n) is 7.10. The molecular weight excluding hydrogens is 474 g/mol. The summed E-state index contributed by atoms with van der Waals surface area (Å²) in [5.74, 6) is 0.766. The van der Waals surface area contributed by atoms with E-state index < -0.39 is 0 Å². The molecule has 0 saturated carbocycles. The molecule has 2 amide bonds. The summed E-state index contributed by atoms with van der Waals surface area (Å²) in [6.45, 7) is -0.142. The standard InChI is InChI=1S/C25H20ClN3O4S/c1-32-20-11-7-18(8-12-20)28-25-29-24(31)22(34-25)13-16-5-9-21(10-6-16)33-15-23(30)27-19-4-2-3-17(26)14-19/h2-14H,15H2,1H3,(H,27,30)(H,28,29,31)/b22-13-. The van der Waals surface area contributed by atoms with Gasteiger partial charge in [0, 0.05) is 10.7 Å². The van der Waals surface area contributed by atoms with Crippen LogP contribution in [0.15, 0.2) is 82.7 Å². The molecule has 0 spiro atoms. The Kier molecular flexibility index (Phi) is 7.51. The molecule has 2 N–H and O–H groups in total. The monoisotopic (exact) mass is 493 g/mol. The van der Waals surface area contributed by atoms with Crippen molar-refractivity contribution in [2.45, 2.75) is 0 Å². The minimum absolute atomic E-state index is 0.142. The molecule has 1 heterocycles. The Labute approximate surface area is 205 Å². The fourth-order valence-electron chi connectivity index (χ4n) is 2.98. The fourth-order valence-corrected chi connectivity index (χ4v) is 4.01. The number of methoxy groups -OCH3 is 1. The van der Waals surface area contributed by atoms with E-state index in [4.69, 9.17) is 21.1 Å². The summed E-state index contributed by atoms with van der Waals surface area (Å²) in [5.41, 5.74) is 2.13. The second kappa shape index (κ2) is 10.9. The van der Waals surface area contributed by atoms with Gasteiger partial charge in [0.1, 0.15) is 11.5 Å². The van der Waals surface area contributed by atoms with Gasteiger partial charge in [-0.1, -0.05) is 29.8 Å². The fraction of sp³-hybridized carbons (Fsp3) is 0.0800. The van der Waals surface area contributed by atoms with E-state index in [1.165, 1.54) is 11.8 Å². The van der Waals surface area contributed by atoms with Crippen LogP contribution in [-0.2, 0) is 9.59 Å². The summed E-state index contributed by atoms with van der Waals surface area (Å²) in [4.78, 5) is 29.4. The van der Waals surface area contributed by atoms with Gasteiger partial charge in [0.05, 0.1) is 17.7 Å². The van der Waals surface area contributed by atoms with Gasteiger partial charge >= 0.3 is 0 Å². The average Bonchev–Trinajstić information content (AvgIpc) is 3.17. The Bertz CT molecular complexity index is 1260. The minimum Gasteiger partial charge on any atom is -0.497 e. The molecule has 0 aromatic heterocycles. The van der Waals surface area contributed by atoms with Gasteiger partial charge in [-0.2, -0.15) is 0 Å². The number of benzene rings is 3. The van der Waals surface area contributed by atoms with Crippen LogP contribution in [0, 0.1) is 0 Å². The lowest BCUT2D eigenvalue weighted by Gasteiger charge is -2.08. The third-order valence-corrected chi connectivity index (χ3v) is 5.76. The number of carbonyl (C=O) groups excluding carboxylic acids is 2. The summed E-state index contributed by atoms with van der Waals surface area (Å²) < 4.78 is 10.7. The lowest BCUT2D eigenvalue weighted by molar-refractivity contribution is -0.118. The van der Waals surface area contributed by atoms with Crippen LogP contribution < -0.4 is 20.1 Å². The van der Waals surface area contributed by atoms with Gasteiger partial charge in [0.15, 0.2) is 11.8 Å². The molecule has 3 aromatic rings. The Morgan fingerprint density at radius 3 is 2.53 bits per heavy atom. The van der Waals surface area contributed by atoms with Crippen LogP contribution in [0.2, 0.25) is 5.02 Å². The van der Waals surface area contributed by atoms with Gasteiger partial charge in [0.2, 0.25) is 0 Å². The maximum absolute atomic E-state index is 12.3. The van der Waals surface area contributed by atoms with Gasteiger partial charge in [-0.3, -0.25) is 9.59 Å². The van der Waals surface area contributed by atoms with Crippen molar-refractivity contribution in [1.29, 1.82) is 0 Å². The zero-order valence-corrected chi connectivity index (χ0v) is 19.7. The van der Waals surface area contributed by atoms with E-state index in [-0.39, 0.29) is 18.4 Å². The Hall–Kier alpha value is -3.75. The van der Waals surface area contributed by atoms with Crippen LogP contribution in [0.5, 0.6) is 11.5 Å². The lowest BCUT2D eigenvalue weighted by Crippen LogP contribution is -2.20. The third kappa shape index (κ3) is 6.40. The number of rotatable bonds is 7. The normalized spacial score (nSPS) is 15.3. The van der Waals surface area contributed by atoms with Crippen molar-refractivity contribution in [3.8, 4) is 11.5 Å². The van der Waals surface area contributed by atoms with Crippen molar-refractivity contribution >= 4 is 57.8 Å². The number of halogens is 1. The van der Waals surface area contributed by atoms with Crippen LogP contribution >= 0.6 is 23.4 Å². The number of ether oxygens (including phenoxy) is 2. The highest BCUT2D eigenvalue weighted by molar-refractivity contribution is 8.18. The summed E-state index contributed by atoms with van der Waals surface area (Å²) >= 11 is 7.18. The average molecular weight is 494 g/mol. The molecule has 3 aromatic carbocycles. The molecule has 34 heavy (non-hydrogen) atoms. The van der Waals surface area contributed by atoms with Gasteiger partial charge in [-0.25, -0.2) is 4.99 Å². The number of nitrogens with one attached hydrogen (secondary N) is 2. The van der Waals surface area contributed by atoms with Crippen molar-refractivity contribution in [1.82, 2.24) is 5.32 Å². The highest BCUT2D eigenvalue weighted by Gasteiger charge is 2.23. The Balaban J connectivity index is 1.33. The summed E-state index contributed by atoms with van der Waals surface area (Å²) in [7, 11) is 1.60. The zero-order chi connectivity index (χ0) is 23.9. The second-order valence-corrected chi connectivity index (χ2v) is 8.56. The molecule has 0 radical (unpaired) electrons. The van der Waals surface area contributed by atoms with E-state index in [1.807, 2.05) is 36.4 Å². The lowest BCUT2D eigenvalue weighted by atomic mass is 10.2. The first kappa shape index (κ1) is 23.4. The predicted molar refractivity (Wildman–Crippen MR) is 136 cm³/mol. The number of amidine groups is 1. The highest BCUT2D eigenvalue weighted by Crippen LogP contribution is 2.29. The summed E-state index contributed by atoms with van der Waals surface area (Å²) in [6.07, 6.45) is 1.77. The molecule has 7 nitrogen and oxygen atoms in total. The maximum Gasteiger partial charge on any atom is 0.264 e. The van der Waals surface area contributed by atoms with Crippen molar-refractivity contribution in [3.05, 3.63) is 88.3 Å². The summed E-state index contributed by atoms with van der Waals surface area (Å²) in [5, 5.41) is 6.53. The molecule has 172 valence electrons. The molecule has 0 unspecified atom stereocenters. The van der Waals surface area contributed by atoms with Crippen LogP contribution in [0.1, 0.15) is 5.56 Å². The summed E-state index contributed by atoms with van der Waals surface area (Å²) in [6, 6.07) is 21.2. The van der Waals surface area contributed by atoms with E-state index >= 15 is 0 Å². The number of aliphatic imine (C=N–C) groups is 1. The molecule has 1 saturated heterocycles. The number of hydrogen-bond donors (Lipinski definition) is 2. The van der Waals surface area contributed by atoms with E-state index in [0.717, 1.165) is 11.3 Å². The van der Waals surface area contributed by atoms with Crippen molar-refractivity contribution in [2.75, 3.05) is 19.0 Å². The van der Waals surface area contributed by atoms with E-state index in [2.05, 4.69) is 15.6 Å². The number of anilines is 1. The van der Waals surface area contributed by atoms with E-state index in [0.29, 0.717) is 32.2 Å². The van der Waals surface area contributed by atoms with Crippen LogP contribution in [0.4, 0.5) is 11.4 Å². The first-order chi connectivity index (χ1) is 16.5. The molecule has 4 rings (SSSR count). The number of nitrogens with zero attached hydrogens (tertiary/aromatic N) is 1. The Morgan fingerprint density at radius 1 is 1.09 bits per heavy atom. The first-order valence-corrected chi connectivity index (χ1v) is 11.4. The molecule has 9 heteroatoms. The SMILES string of the molecule is COc1ccc(N=C2NC(=O)/C(=C/c3ccc(OCC(=O)Nc4cccc(Cl)c4)cc3)S2)cc1. The number of carbonyl (C=O) groups is 2. The van der Waals surface area contributed by atoms with Gasteiger partial charge in [0.25, 0.3) is 11.8 Å².